The van der Waals surface area contributed by atoms with Gasteiger partial charge in [-0.25, -0.2) is 0 Å². The van der Waals surface area contributed by atoms with Gasteiger partial charge < -0.3 is 19.1 Å². The third kappa shape index (κ3) is 5.14. The van der Waals surface area contributed by atoms with Gasteiger partial charge in [-0.3, -0.25) is 9.59 Å². The molecule has 0 radical (unpaired) electrons. The summed E-state index contributed by atoms with van der Waals surface area (Å²) in [6, 6.07) is 8.07. The molecule has 1 aliphatic heterocycles. The number of amides is 2. The molecular formula is C22H31N3O3S. The highest BCUT2D eigenvalue weighted by Gasteiger charge is 2.26. The number of carbonyl (C=O) groups is 2. The number of benzene rings is 1. The fourth-order valence-corrected chi connectivity index (χ4v) is 4.88. The standard InChI is InChI=1S/C22H31N3O3S/c1-5-23(6-2)22(27)15-29-20-13-24(19-10-8-7-9-18(19)20)14-21(26)25-11-16(3)28-17(4)12-25/h7-10,13,16-17H,5-6,11-12,14-15H2,1-4H3/t16-,17-/m0/s1. The second kappa shape index (κ2) is 9.67. The van der Waals surface area contributed by atoms with Gasteiger partial charge >= 0.3 is 0 Å². The molecule has 0 saturated carbocycles. The number of carbonyl (C=O) groups excluding carboxylic acids is 2. The molecule has 0 N–H and O–H groups in total. The molecule has 7 heteroatoms. The maximum absolute atomic E-state index is 12.9. The summed E-state index contributed by atoms with van der Waals surface area (Å²) in [6.07, 6.45) is 2.12. The van der Waals surface area contributed by atoms with E-state index in [0.717, 1.165) is 28.9 Å². The summed E-state index contributed by atoms with van der Waals surface area (Å²) in [5.74, 6) is 0.648. The van der Waals surface area contributed by atoms with Gasteiger partial charge in [-0.1, -0.05) is 18.2 Å². The van der Waals surface area contributed by atoms with E-state index >= 15 is 0 Å². The Labute approximate surface area is 177 Å². The van der Waals surface area contributed by atoms with Crippen molar-refractivity contribution in [2.75, 3.05) is 31.9 Å². The molecular weight excluding hydrogens is 386 g/mol. The van der Waals surface area contributed by atoms with Crippen molar-refractivity contribution in [1.82, 2.24) is 14.4 Å². The zero-order chi connectivity index (χ0) is 21.0. The predicted octanol–water partition coefficient (Wildman–Crippen LogP) is 3.24. The van der Waals surface area contributed by atoms with Crippen LogP contribution in [0.25, 0.3) is 10.9 Å². The van der Waals surface area contributed by atoms with Crippen molar-refractivity contribution in [3.8, 4) is 0 Å². The van der Waals surface area contributed by atoms with Crippen LogP contribution in [-0.4, -0.2) is 70.3 Å². The highest BCUT2D eigenvalue weighted by molar-refractivity contribution is 8.00. The maximum Gasteiger partial charge on any atom is 0.242 e. The van der Waals surface area contributed by atoms with E-state index in [0.29, 0.717) is 25.4 Å². The summed E-state index contributed by atoms with van der Waals surface area (Å²) < 4.78 is 7.75. The van der Waals surface area contributed by atoms with Crippen LogP contribution in [-0.2, 0) is 20.9 Å². The Kier molecular flexibility index (Phi) is 7.24. The normalized spacial score (nSPS) is 19.5. The summed E-state index contributed by atoms with van der Waals surface area (Å²) in [6.45, 7) is 11.0. The lowest BCUT2D eigenvalue weighted by Gasteiger charge is -2.35. The number of thioether (sulfide) groups is 1. The number of para-hydroxylation sites is 1. The number of nitrogens with zero attached hydrogens (tertiary/aromatic N) is 3. The van der Waals surface area contributed by atoms with Crippen LogP contribution in [0.5, 0.6) is 0 Å². The number of aromatic nitrogens is 1. The van der Waals surface area contributed by atoms with E-state index < -0.39 is 0 Å². The first kappa shape index (κ1) is 21.7. The smallest absolute Gasteiger partial charge is 0.242 e. The molecule has 29 heavy (non-hydrogen) atoms. The Bertz CT molecular complexity index is 852. The van der Waals surface area contributed by atoms with Crippen LogP contribution >= 0.6 is 11.8 Å². The van der Waals surface area contributed by atoms with Crippen LogP contribution in [0.1, 0.15) is 27.7 Å². The van der Waals surface area contributed by atoms with Gasteiger partial charge in [-0.15, -0.1) is 11.8 Å². The number of hydrogen-bond donors (Lipinski definition) is 0. The third-order valence-electron chi connectivity index (χ3n) is 5.30. The van der Waals surface area contributed by atoms with E-state index in [4.69, 9.17) is 4.74 Å². The molecule has 1 saturated heterocycles. The quantitative estimate of drug-likeness (QED) is 0.649. The van der Waals surface area contributed by atoms with E-state index in [1.165, 1.54) is 0 Å². The SMILES string of the molecule is CCN(CC)C(=O)CSc1cn(CC(=O)N2C[C@H](C)O[C@@H](C)C2)c2ccccc12. The molecule has 0 aliphatic carbocycles. The van der Waals surface area contributed by atoms with Gasteiger partial charge in [0.15, 0.2) is 0 Å². The topological polar surface area (TPSA) is 54.8 Å². The monoisotopic (exact) mass is 417 g/mol. The zero-order valence-electron chi connectivity index (χ0n) is 17.8. The second-order valence-electron chi connectivity index (χ2n) is 7.55. The van der Waals surface area contributed by atoms with Gasteiger partial charge in [0.1, 0.15) is 6.54 Å². The molecule has 1 fully saturated rings. The molecule has 0 spiro atoms. The van der Waals surface area contributed by atoms with Crippen molar-refractivity contribution >= 4 is 34.5 Å². The minimum absolute atomic E-state index is 0.0568. The molecule has 1 aromatic carbocycles. The Morgan fingerprint density at radius 2 is 1.79 bits per heavy atom. The minimum atomic E-state index is 0.0568. The van der Waals surface area contributed by atoms with Crippen LogP contribution in [0.4, 0.5) is 0 Å². The Balaban J connectivity index is 1.75. The highest BCUT2D eigenvalue weighted by atomic mass is 32.2. The van der Waals surface area contributed by atoms with E-state index in [9.17, 15) is 9.59 Å². The lowest BCUT2D eigenvalue weighted by atomic mass is 10.2. The Morgan fingerprint density at radius 3 is 2.45 bits per heavy atom. The van der Waals surface area contributed by atoms with E-state index in [2.05, 4.69) is 6.07 Å². The Hall–Kier alpha value is -1.99. The van der Waals surface area contributed by atoms with Crippen molar-refractivity contribution in [1.29, 1.82) is 0 Å². The lowest BCUT2D eigenvalue weighted by molar-refractivity contribution is -0.143. The first-order chi connectivity index (χ1) is 13.9. The van der Waals surface area contributed by atoms with Gasteiger partial charge in [0, 0.05) is 48.2 Å². The molecule has 1 aromatic heterocycles. The third-order valence-corrected chi connectivity index (χ3v) is 6.32. The predicted molar refractivity (Wildman–Crippen MR) is 117 cm³/mol. The first-order valence-corrected chi connectivity index (χ1v) is 11.3. The summed E-state index contributed by atoms with van der Waals surface area (Å²) in [5, 5.41) is 1.08. The van der Waals surface area contributed by atoms with Gasteiger partial charge in [0.25, 0.3) is 0 Å². The fourth-order valence-electron chi connectivity index (χ4n) is 3.89. The average Bonchev–Trinajstić information content (AvgIpc) is 3.04. The summed E-state index contributed by atoms with van der Waals surface area (Å²) in [4.78, 5) is 30.1. The summed E-state index contributed by atoms with van der Waals surface area (Å²) in [5.41, 5.74) is 1.02. The molecule has 0 bridgehead atoms. The lowest BCUT2D eigenvalue weighted by Crippen LogP contribution is -2.49. The molecule has 158 valence electrons. The molecule has 6 nitrogen and oxygen atoms in total. The van der Waals surface area contributed by atoms with E-state index in [-0.39, 0.29) is 24.0 Å². The molecule has 0 unspecified atom stereocenters. The maximum atomic E-state index is 12.9. The molecule has 2 aromatic rings. The van der Waals surface area contributed by atoms with E-state index in [1.807, 2.05) is 66.5 Å². The molecule has 2 heterocycles. The van der Waals surface area contributed by atoms with Crippen LogP contribution in [0.15, 0.2) is 35.4 Å². The molecule has 3 rings (SSSR count). The number of fused-ring (bicyclic) bond motifs is 1. The minimum Gasteiger partial charge on any atom is -0.372 e. The van der Waals surface area contributed by atoms with Crippen molar-refractivity contribution in [2.24, 2.45) is 0 Å². The number of ether oxygens (including phenoxy) is 1. The van der Waals surface area contributed by atoms with Gasteiger partial charge in [0.05, 0.1) is 18.0 Å². The second-order valence-corrected chi connectivity index (χ2v) is 8.57. The fraction of sp³-hybridized carbons (Fsp3) is 0.545. The number of rotatable bonds is 7. The highest BCUT2D eigenvalue weighted by Crippen LogP contribution is 2.30. The van der Waals surface area contributed by atoms with Crippen LogP contribution in [0.3, 0.4) is 0 Å². The van der Waals surface area contributed by atoms with Crippen molar-refractivity contribution in [2.45, 2.75) is 51.3 Å². The van der Waals surface area contributed by atoms with Crippen LogP contribution in [0.2, 0.25) is 0 Å². The van der Waals surface area contributed by atoms with Crippen molar-refractivity contribution in [3.63, 3.8) is 0 Å². The van der Waals surface area contributed by atoms with Gasteiger partial charge in [0.2, 0.25) is 11.8 Å². The first-order valence-electron chi connectivity index (χ1n) is 10.3. The van der Waals surface area contributed by atoms with Crippen molar-refractivity contribution in [3.05, 3.63) is 30.5 Å². The molecule has 2 atom stereocenters. The van der Waals surface area contributed by atoms with Gasteiger partial charge in [-0.05, 0) is 33.8 Å². The largest absolute Gasteiger partial charge is 0.372 e. The molecule has 2 amide bonds. The zero-order valence-corrected chi connectivity index (χ0v) is 18.6. The van der Waals surface area contributed by atoms with Crippen molar-refractivity contribution < 1.29 is 14.3 Å². The average molecular weight is 418 g/mol. The summed E-state index contributed by atoms with van der Waals surface area (Å²) >= 11 is 1.54. The summed E-state index contributed by atoms with van der Waals surface area (Å²) in [7, 11) is 0. The van der Waals surface area contributed by atoms with Crippen LogP contribution < -0.4 is 0 Å². The molecule has 1 aliphatic rings. The van der Waals surface area contributed by atoms with Gasteiger partial charge in [-0.2, -0.15) is 0 Å². The number of hydrogen-bond acceptors (Lipinski definition) is 4. The van der Waals surface area contributed by atoms with Crippen LogP contribution in [0, 0.1) is 0 Å². The Morgan fingerprint density at radius 1 is 1.14 bits per heavy atom. The number of morpholine rings is 1. The van der Waals surface area contributed by atoms with E-state index in [1.54, 1.807) is 11.8 Å².